The Kier molecular flexibility index (Phi) is 14.3. The molecule has 0 aliphatic heterocycles. The lowest BCUT2D eigenvalue weighted by molar-refractivity contribution is -0.0531. The Bertz CT molecular complexity index is 144. The minimum absolute atomic E-state index is 0.452. The molecular formula is C14H28O2. The van der Waals surface area contributed by atoms with E-state index in [1.807, 2.05) is 0 Å². The molecule has 0 fully saturated rings. The van der Waals surface area contributed by atoms with E-state index in [2.05, 4.69) is 26.0 Å². The number of hydrogen-bond acceptors (Lipinski definition) is 2. The largest absolute Gasteiger partial charge is 0.355 e. The van der Waals surface area contributed by atoms with Crippen LogP contribution in [0.3, 0.4) is 0 Å². The highest BCUT2D eigenvalue weighted by Crippen LogP contribution is 2.02. The summed E-state index contributed by atoms with van der Waals surface area (Å²) in [6.07, 6.45) is 12.9. The first-order valence-electron chi connectivity index (χ1n) is 6.72. The Balaban J connectivity index is 2.90. The van der Waals surface area contributed by atoms with Crippen LogP contribution in [0.5, 0.6) is 0 Å². The van der Waals surface area contributed by atoms with Gasteiger partial charge in [-0.05, 0) is 19.3 Å². The van der Waals surface area contributed by atoms with Gasteiger partial charge in [-0.1, -0.05) is 51.7 Å². The predicted octanol–water partition coefficient (Wildman–Crippen LogP) is 4.30. The van der Waals surface area contributed by atoms with Crippen LogP contribution >= 0.6 is 0 Å². The number of ether oxygens (including phenoxy) is 2. The third-order valence-electron chi connectivity index (χ3n) is 2.39. The molecule has 0 bridgehead atoms. The van der Waals surface area contributed by atoms with Crippen molar-refractivity contribution in [2.24, 2.45) is 0 Å². The summed E-state index contributed by atoms with van der Waals surface area (Å²) in [7, 11) is 0. The lowest BCUT2D eigenvalue weighted by atomic mass is 10.2. The molecule has 0 aliphatic carbocycles. The highest BCUT2D eigenvalue weighted by Gasteiger charge is 1.90. The van der Waals surface area contributed by atoms with Crippen molar-refractivity contribution >= 4 is 0 Å². The molecule has 0 atom stereocenters. The quantitative estimate of drug-likeness (QED) is 0.281. The first-order valence-corrected chi connectivity index (χ1v) is 6.72. The van der Waals surface area contributed by atoms with E-state index in [0.717, 1.165) is 26.1 Å². The standard InChI is InChI=1S/C14H28O2/c1-3-5-7-9-11-13-16-14-15-12-10-8-6-4-2/h6,8H,3-5,7,9-14H2,1-2H3/b8-6+. The molecule has 0 aromatic heterocycles. The average molecular weight is 228 g/mol. The van der Waals surface area contributed by atoms with Crippen LogP contribution in [0.15, 0.2) is 12.2 Å². The van der Waals surface area contributed by atoms with Gasteiger partial charge in [-0.3, -0.25) is 0 Å². The molecule has 0 saturated carbocycles. The first kappa shape index (κ1) is 15.7. The van der Waals surface area contributed by atoms with Gasteiger partial charge in [0.05, 0.1) is 6.61 Å². The third kappa shape index (κ3) is 13.7. The average Bonchev–Trinajstić information content (AvgIpc) is 2.31. The molecule has 0 N–H and O–H groups in total. The topological polar surface area (TPSA) is 18.5 Å². The number of allylic oxidation sites excluding steroid dienone is 1. The van der Waals surface area contributed by atoms with E-state index in [4.69, 9.17) is 9.47 Å². The number of hydrogen-bond donors (Lipinski definition) is 0. The molecule has 0 aromatic rings. The molecule has 16 heavy (non-hydrogen) atoms. The molecule has 96 valence electrons. The summed E-state index contributed by atoms with van der Waals surface area (Å²) in [5.74, 6) is 0. The number of rotatable bonds is 12. The van der Waals surface area contributed by atoms with Crippen molar-refractivity contribution in [1.29, 1.82) is 0 Å². The molecular weight excluding hydrogens is 200 g/mol. The fourth-order valence-corrected chi connectivity index (χ4v) is 1.42. The Labute approximate surface area is 101 Å². The van der Waals surface area contributed by atoms with Gasteiger partial charge in [0.15, 0.2) is 0 Å². The second-order valence-corrected chi connectivity index (χ2v) is 4.02. The summed E-state index contributed by atoms with van der Waals surface area (Å²) in [5, 5.41) is 0. The molecule has 0 aromatic carbocycles. The molecule has 2 heteroatoms. The lowest BCUT2D eigenvalue weighted by Gasteiger charge is -2.04. The van der Waals surface area contributed by atoms with E-state index in [9.17, 15) is 0 Å². The summed E-state index contributed by atoms with van der Waals surface area (Å²) in [4.78, 5) is 0. The molecule has 0 saturated heterocycles. The van der Waals surface area contributed by atoms with Crippen LogP contribution < -0.4 is 0 Å². The van der Waals surface area contributed by atoms with E-state index >= 15 is 0 Å². The van der Waals surface area contributed by atoms with E-state index in [-0.39, 0.29) is 0 Å². The normalized spacial score (nSPS) is 11.4. The second-order valence-electron chi connectivity index (χ2n) is 4.02. The van der Waals surface area contributed by atoms with Crippen molar-refractivity contribution in [3.63, 3.8) is 0 Å². The summed E-state index contributed by atoms with van der Waals surface area (Å²) in [6.45, 7) is 6.44. The molecule has 0 rings (SSSR count). The molecule has 0 amide bonds. The maximum Gasteiger partial charge on any atom is 0.146 e. The van der Waals surface area contributed by atoms with Gasteiger partial charge in [-0.25, -0.2) is 0 Å². The van der Waals surface area contributed by atoms with Crippen molar-refractivity contribution in [3.05, 3.63) is 12.2 Å². The Morgan fingerprint density at radius 3 is 2.31 bits per heavy atom. The summed E-state index contributed by atoms with van der Waals surface area (Å²) in [5.41, 5.74) is 0. The van der Waals surface area contributed by atoms with Crippen molar-refractivity contribution < 1.29 is 9.47 Å². The second kappa shape index (κ2) is 14.7. The van der Waals surface area contributed by atoms with Crippen LogP contribution in [0.4, 0.5) is 0 Å². The van der Waals surface area contributed by atoms with Gasteiger partial charge < -0.3 is 9.47 Å². The zero-order chi connectivity index (χ0) is 11.9. The van der Waals surface area contributed by atoms with Gasteiger partial charge in [0, 0.05) is 6.61 Å². The molecule has 0 aliphatic rings. The zero-order valence-corrected chi connectivity index (χ0v) is 11.0. The van der Waals surface area contributed by atoms with Gasteiger partial charge in [0.2, 0.25) is 0 Å². The molecule has 0 spiro atoms. The maximum absolute atomic E-state index is 5.37. The molecule has 0 unspecified atom stereocenters. The lowest BCUT2D eigenvalue weighted by Crippen LogP contribution is -2.02. The first-order chi connectivity index (χ1) is 7.91. The minimum Gasteiger partial charge on any atom is -0.355 e. The summed E-state index contributed by atoms with van der Waals surface area (Å²) in [6, 6.07) is 0. The van der Waals surface area contributed by atoms with E-state index in [1.54, 1.807) is 0 Å². The van der Waals surface area contributed by atoms with Gasteiger partial charge in [-0.2, -0.15) is 0 Å². The van der Waals surface area contributed by atoms with Gasteiger partial charge in [0.25, 0.3) is 0 Å². The van der Waals surface area contributed by atoms with Crippen molar-refractivity contribution in [2.45, 2.75) is 58.8 Å². The Morgan fingerprint density at radius 1 is 0.812 bits per heavy atom. The smallest absolute Gasteiger partial charge is 0.146 e. The van der Waals surface area contributed by atoms with E-state index in [0.29, 0.717) is 6.79 Å². The zero-order valence-electron chi connectivity index (χ0n) is 11.0. The fourth-order valence-electron chi connectivity index (χ4n) is 1.42. The fraction of sp³-hybridized carbons (Fsp3) is 0.857. The van der Waals surface area contributed by atoms with Crippen molar-refractivity contribution in [1.82, 2.24) is 0 Å². The summed E-state index contributed by atoms with van der Waals surface area (Å²) >= 11 is 0. The maximum atomic E-state index is 5.37. The highest BCUT2D eigenvalue weighted by molar-refractivity contribution is 4.79. The van der Waals surface area contributed by atoms with Crippen molar-refractivity contribution in [2.75, 3.05) is 20.0 Å². The number of unbranched alkanes of at least 4 members (excludes halogenated alkanes) is 4. The SMILES string of the molecule is CC/C=C/CCOCOCCCCCCC. The van der Waals surface area contributed by atoms with Gasteiger partial charge in [-0.15, -0.1) is 0 Å². The molecule has 2 nitrogen and oxygen atoms in total. The van der Waals surface area contributed by atoms with E-state index in [1.165, 1.54) is 32.1 Å². The molecule has 0 heterocycles. The minimum atomic E-state index is 0.452. The van der Waals surface area contributed by atoms with Crippen LogP contribution in [0, 0.1) is 0 Å². The monoisotopic (exact) mass is 228 g/mol. The Morgan fingerprint density at radius 2 is 1.56 bits per heavy atom. The van der Waals surface area contributed by atoms with Gasteiger partial charge in [0.1, 0.15) is 6.79 Å². The third-order valence-corrected chi connectivity index (χ3v) is 2.39. The Hall–Kier alpha value is -0.340. The predicted molar refractivity (Wildman–Crippen MR) is 69.6 cm³/mol. The van der Waals surface area contributed by atoms with Crippen LogP contribution in [0.2, 0.25) is 0 Å². The van der Waals surface area contributed by atoms with Crippen LogP contribution in [-0.2, 0) is 9.47 Å². The van der Waals surface area contributed by atoms with Crippen molar-refractivity contribution in [3.8, 4) is 0 Å². The molecule has 0 radical (unpaired) electrons. The van der Waals surface area contributed by atoms with E-state index < -0.39 is 0 Å². The summed E-state index contributed by atoms with van der Waals surface area (Å²) < 4.78 is 10.7. The van der Waals surface area contributed by atoms with Crippen LogP contribution in [0.25, 0.3) is 0 Å². The van der Waals surface area contributed by atoms with Crippen LogP contribution in [0.1, 0.15) is 58.8 Å². The van der Waals surface area contributed by atoms with Gasteiger partial charge >= 0.3 is 0 Å². The van der Waals surface area contributed by atoms with Crippen LogP contribution in [-0.4, -0.2) is 20.0 Å². The highest BCUT2D eigenvalue weighted by atomic mass is 16.7.